The maximum Gasteiger partial charge on any atom is 0.274 e. The number of carbonyl (C=O) groups excluding carboxylic acids is 1. The molecule has 0 saturated heterocycles. The van der Waals surface area contributed by atoms with E-state index in [1.165, 1.54) is 28.9 Å². The van der Waals surface area contributed by atoms with E-state index in [4.69, 9.17) is 10.3 Å². The van der Waals surface area contributed by atoms with Crippen LogP contribution in [0.3, 0.4) is 0 Å². The molecule has 0 aliphatic heterocycles. The summed E-state index contributed by atoms with van der Waals surface area (Å²) in [5.74, 6) is -1.29. The minimum atomic E-state index is -3.54. The molecule has 10 nitrogen and oxygen atoms in total. The molecule has 1 amide bonds. The fourth-order valence-corrected chi connectivity index (χ4v) is 4.85. The lowest BCUT2D eigenvalue weighted by Crippen LogP contribution is -2.17. The third-order valence-electron chi connectivity index (χ3n) is 5.70. The zero-order valence-corrected chi connectivity index (χ0v) is 20.2. The van der Waals surface area contributed by atoms with Crippen LogP contribution in [0.5, 0.6) is 0 Å². The van der Waals surface area contributed by atoms with Crippen LogP contribution in [-0.2, 0) is 16.4 Å². The highest BCUT2D eigenvalue weighted by Crippen LogP contribution is 2.30. The highest BCUT2D eigenvalue weighted by Gasteiger charge is 2.20. The summed E-state index contributed by atoms with van der Waals surface area (Å²) in [6.45, 7) is -0.423. The highest BCUT2D eigenvalue weighted by molar-refractivity contribution is 7.90. The molecule has 0 fully saturated rings. The van der Waals surface area contributed by atoms with Crippen LogP contribution < -0.4 is 11.1 Å². The topological polar surface area (TPSA) is 153 Å². The lowest BCUT2D eigenvalue weighted by atomic mass is 10.0. The molecule has 0 unspecified atom stereocenters. The van der Waals surface area contributed by atoms with E-state index >= 15 is 4.39 Å². The third-order valence-corrected chi connectivity index (χ3v) is 6.85. The number of aromatic nitrogens is 3. The zero-order chi connectivity index (χ0) is 26.3. The van der Waals surface area contributed by atoms with Gasteiger partial charge in [-0.1, -0.05) is 29.4 Å². The Hall–Kier alpha value is -4.55. The van der Waals surface area contributed by atoms with Crippen molar-refractivity contribution in [2.45, 2.75) is 11.5 Å². The molecule has 0 bridgehead atoms. The molecule has 0 saturated carbocycles. The molecule has 12 heteroatoms. The van der Waals surface area contributed by atoms with Gasteiger partial charge in [-0.3, -0.25) is 4.79 Å². The second-order valence-corrected chi connectivity index (χ2v) is 10.2. The first-order valence-electron chi connectivity index (χ1n) is 10.9. The number of carbonyl (C=O) groups is 1. The first kappa shape index (κ1) is 24.2. The molecule has 37 heavy (non-hydrogen) atoms. The molecule has 2 aromatic heterocycles. The highest BCUT2D eigenvalue weighted by atomic mass is 32.2. The van der Waals surface area contributed by atoms with Gasteiger partial charge in [0, 0.05) is 11.8 Å². The second kappa shape index (κ2) is 9.15. The van der Waals surface area contributed by atoms with E-state index in [-0.39, 0.29) is 27.8 Å². The smallest absolute Gasteiger partial charge is 0.274 e. The van der Waals surface area contributed by atoms with Crippen molar-refractivity contribution in [3.8, 4) is 16.8 Å². The minimum absolute atomic E-state index is 0.0318. The number of sulfone groups is 1. The maximum atomic E-state index is 15.1. The van der Waals surface area contributed by atoms with Gasteiger partial charge in [-0.25, -0.2) is 17.5 Å². The van der Waals surface area contributed by atoms with Crippen molar-refractivity contribution in [3.05, 3.63) is 83.9 Å². The predicted molar refractivity (Wildman–Crippen MR) is 134 cm³/mol. The number of aliphatic hydroxyl groups is 1. The number of anilines is 2. The maximum absolute atomic E-state index is 15.1. The molecule has 0 atom stereocenters. The number of rotatable bonds is 6. The number of nitrogens with two attached hydrogens (primary N) is 1. The number of hydrogen-bond acceptors (Lipinski definition) is 8. The van der Waals surface area contributed by atoms with Crippen LogP contribution in [0.2, 0.25) is 0 Å². The molecule has 0 aliphatic carbocycles. The van der Waals surface area contributed by atoms with Crippen LogP contribution in [0.15, 0.2) is 76.1 Å². The summed E-state index contributed by atoms with van der Waals surface area (Å²) in [4.78, 5) is 13.2. The lowest BCUT2D eigenvalue weighted by molar-refractivity contribution is 0.101. The number of nitrogen functional groups attached to an aromatic ring is 1. The lowest BCUT2D eigenvalue weighted by Gasteiger charge is -2.12. The standard InChI is InChI=1S/C25H20FN5O5S/c1-37(34,35)23-5-3-2-4-17(23)14-6-8-20(19(26)10-14)28-25(33)21-11-15(13-32)29-31(21)16-7-9-22-18(12-16)24(27)30-36-22/h2-12,32H,13H2,1H3,(H2,27,30)(H,28,33). The monoisotopic (exact) mass is 521 g/mol. The van der Waals surface area contributed by atoms with Gasteiger partial charge < -0.3 is 20.7 Å². The number of benzene rings is 3. The number of amides is 1. The van der Waals surface area contributed by atoms with Gasteiger partial charge in [-0.15, -0.1) is 0 Å². The first-order valence-corrected chi connectivity index (χ1v) is 12.8. The summed E-state index contributed by atoms with van der Waals surface area (Å²) in [6.07, 6.45) is 1.08. The summed E-state index contributed by atoms with van der Waals surface area (Å²) in [7, 11) is -3.54. The van der Waals surface area contributed by atoms with Gasteiger partial charge in [-0.05, 0) is 48.0 Å². The molecule has 0 spiro atoms. The van der Waals surface area contributed by atoms with Gasteiger partial charge in [0.05, 0.1) is 34.0 Å². The molecular weight excluding hydrogens is 501 g/mol. The van der Waals surface area contributed by atoms with Crippen molar-refractivity contribution in [1.29, 1.82) is 0 Å². The van der Waals surface area contributed by atoms with Crippen LogP contribution in [0.4, 0.5) is 15.9 Å². The zero-order valence-electron chi connectivity index (χ0n) is 19.3. The van der Waals surface area contributed by atoms with Crippen LogP contribution in [-0.4, -0.2) is 40.6 Å². The molecule has 2 heterocycles. The summed E-state index contributed by atoms with van der Waals surface area (Å²) < 4.78 is 45.7. The first-order chi connectivity index (χ1) is 17.7. The summed E-state index contributed by atoms with van der Waals surface area (Å²) in [5.41, 5.74) is 7.53. The molecule has 5 rings (SSSR count). The van der Waals surface area contributed by atoms with Crippen molar-refractivity contribution >= 4 is 38.2 Å². The quantitative estimate of drug-likeness (QED) is 0.307. The van der Waals surface area contributed by atoms with Gasteiger partial charge in [0.2, 0.25) is 0 Å². The second-order valence-electron chi connectivity index (χ2n) is 8.26. The van der Waals surface area contributed by atoms with Gasteiger partial charge in [0.15, 0.2) is 21.2 Å². The number of hydrogen-bond donors (Lipinski definition) is 3. The number of fused-ring (bicyclic) bond motifs is 1. The van der Waals surface area contributed by atoms with Crippen LogP contribution in [0, 0.1) is 5.82 Å². The van der Waals surface area contributed by atoms with Crippen LogP contribution >= 0.6 is 0 Å². The fourth-order valence-electron chi connectivity index (χ4n) is 3.94. The Kier molecular flexibility index (Phi) is 5.97. The van der Waals surface area contributed by atoms with E-state index < -0.39 is 28.2 Å². The normalized spacial score (nSPS) is 11.6. The van der Waals surface area contributed by atoms with E-state index in [1.807, 2.05) is 0 Å². The largest absolute Gasteiger partial charge is 0.390 e. The summed E-state index contributed by atoms with van der Waals surface area (Å²) in [6, 6.07) is 16.5. The van der Waals surface area contributed by atoms with Crippen LogP contribution in [0.25, 0.3) is 27.8 Å². The third kappa shape index (κ3) is 4.55. The predicted octanol–water partition coefficient (Wildman–Crippen LogP) is 3.55. The summed E-state index contributed by atoms with van der Waals surface area (Å²) >= 11 is 0. The Bertz CT molecular complexity index is 1780. The summed E-state index contributed by atoms with van der Waals surface area (Å²) in [5, 5.41) is 20.6. The molecule has 4 N–H and O–H groups in total. The molecule has 5 aromatic rings. The molecule has 3 aromatic carbocycles. The van der Waals surface area contributed by atoms with Crippen LogP contribution in [0.1, 0.15) is 16.2 Å². The Labute approximate surface area is 210 Å². The van der Waals surface area contributed by atoms with E-state index in [2.05, 4.69) is 15.6 Å². The molecular formula is C25H20FN5O5S. The van der Waals surface area contributed by atoms with Crippen molar-refractivity contribution < 1.29 is 27.2 Å². The van der Waals surface area contributed by atoms with Gasteiger partial charge in [0.25, 0.3) is 5.91 Å². The van der Waals surface area contributed by atoms with Gasteiger partial charge in [-0.2, -0.15) is 5.10 Å². The average Bonchev–Trinajstić information content (AvgIpc) is 3.48. The number of nitrogens with one attached hydrogen (secondary N) is 1. The molecule has 0 radical (unpaired) electrons. The molecule has 188 valence electrons. The minimum Gasteiger partial charge on any atom is -0.390 e. The van der Waals surface area contributed by atoms with Crippen molar-refractivity contribution in [2.75, 3.05) is 17.3 Å². The Morgan fingerprint density at radius 1 is 1.14 bits per heavy atom. The Morgan fingerprint density at radius 3 is 2.65 bits per heavy atom. The van der Waals surface area contributed by atoms with Crippen molar-refractivity contribution in [2.24, 2.45) is 0 Å². The van der Waals surface area contributed by atoms with E-state index in [0.717, 1.165) is 12.3 Å². The van der Waals surface area contributed by atoms with Crippen molar-refractivity contribution in [3.63, 3.8) is 0 Å². The fraction of sp³-hybridized carbons (Fsp3) is 0.0800. The molecule has 0 aliphatic rings. The van der Waals surface area contributed by atoms with Gasteiger partial charge in [0.1, 0.15) is 11.5 Å². The van der Waals surface area contributed by atoms with Crippen molar-refractivity contribution in [1.82, 2.24) is 14.9 Å². The number of aliphatic hydroxyl groups excluding tert-OH is 1. The number of nitrogens with zero attached hydrogens (tertiary/aromatic N) is 3. The Balaban J connectivity index is 1.48. The van der Waals surface area contributed by atoms with E-state index in [1.54, 1.807) is 36.4 Å². The Morgan fingerprint density at radius 2 is 1.92 bits per heavy atom. The van der Waals surface area contributed by atoms with E-state index in [0.29, 0.717) is 27.8 Å². The van der Waals surface area contributed by atoms with E-state index in [9.17, 15) is 18.3 Å². The average molecular weight is 522 g/mol. The SMILES string of the molecule is CS(=O)(=O)c1ccccc1-c1ccc(NC(=O)c2cc(CO)nn2-c2ccc3onc(N)c3c2)c(F)c1. The van der Waals surface area contributed by atoms with Gasteiger partial charge >= 0.3 is 0 Å². The number of halogens is 1.